The molecule has 0 radical (unpaired) electrons. The Kier molecular flexibility index (Phi) is 5.19. The average molecular weight is 363 g/mol. The maximum Gasteiger partial charge on any atom is 0.241 e. The monoisotopic (exact) mass is 362 g/mol. The summed E-state index contributed by atoms with van der Waals surface area (Å²) in [7, 11) is -1.70. The van der Waals surface area contributed by atoms with Crippen LogP contribution in [0.2, 0.25) is 0 Å². The lowest BCUT2D eigenvalue weighted by Gasteiger charge is -2.15. The highest BCUT2D eigenvalue weighted by Crippen LogP contribution is 2.26. The lowest BCUT2D eigenvalue weighted by atomic mass is 10.1. The van der Waals surface area contributed by atoms with E-state index in [1.165, 1.54) is 0 Å². The second kappa shape index (κ2) is 6.53. The average Bonchev–Trinajstić information content (AvgIpc) is 2.85. The normalized spacial score (nSPS) is 19.4. The largest absolute Gasteiger partial charge is 0.380 e. The third kappa shape index (κ3) is 3.59. The molecule has 1 unspecified atom stereocenters. The van der Waals surface area contributed by atoms with Crippen molar-refractivity contribution in [2.45, 2.75) is 30.8 Å². The summed E-state index contributed by atoms with van der Waals surface area (Å²) in [6, 6.07) is 3.52. The molecule has 1 heterocycles. The molecule has 2 rings (SSSR count). The molecule has 0 bridgehead atoms. The Morgan fingerprint density at radius 1 is 1.45 bits per heavy atom. The van der Waals surface area contributed by atoms with Gasteiger partial charge in [0.2, 0.25) is 10.0 Å². The van der Waals surface area contributed by atoms with Crippen molar-refractivity contribution in [3.63, 3.8) is 0 Å². The summed E-state index contributed by atoms with van der Waals surface area (Å²) in [5.41, 5.74) is 1.64. The summed E-state index contributed by atoms with van der Waals surface area (Å²) >= 11 is 3.43. The van der Waals surface area contributed by atoms with Gasteiger partial charge in [0.1, 0.15) is 0 Å². The first-order valence-corrected chi connectivity index (χ1v) is 8.75. The highest BCUT2D eigenvalue weighted by Gasteiger charge is 2.25. The summed E-state index contributed by atoms with van der Waals surface area (Å²) in [5.74, 6) is 0. The zero-order chi connectivity index (χ0) is 14.8. The maximum atomic E-state index is 12.5. The van der Waals surface area contributed by atoms with Crippen LogP contribution in [0, 0.1) is 6.92 Å². The van der Waals surface area contributed by atoms with Crippen LogP contribution in [0.3, 0.4) is 0 Å². The Balaban J connectivity index is 2.33. The van der Waals surface area contributed by atoms with E-state index < -0.39 is 10.0 Å². The van der Waals surface area contributed by atoms with E-state index in [4.69, 9.17) is 4.74 Å². The summed E-state index contributed by atoms with van der Waals surface area (Å²) in [5, 5.41) is 3.03. The molecule has 1 saturated heterocycles. The van der Waals surface area contributed by atoms with E-state index in [1.807, 2.05) is 13.1 Å². The van der Waals surface area contributed by atoms with Gasteiger partial charge in [-0.1, -0.05) is 15.9 Å². The summed E-state index contributed by atoms with van der Waals surface area (Å²) < 4.78 is 33.7. The lowest BCUT2D eigenvalue weighted by Crippen LogP contribution is -2.35. The molecule has 0 saturated carbocycles. The molecule has 2 N–H and O–H groups in total. The van der Waals surface area contributed by atoms with Gasteiger partial charge >= 0.3 is 0 Å². The minimum Gasteiger partial charge on any atom is -0.380 e. The molecule has 112 valence electrons. The zero-order valence-corrected chi connectivity index (χ0v) is 14.0. The van der Waals surface area contributed by atoms with E-state index in [0.717, 1.165) is 22.0 Å². The van der Waals surface area contributed by atoms with E-state index >= 15 is 0 Å². The van der Waals surface area contributed by atoms with E-state index in [2.05, 4.69) is 26.0 Å². The molecule has 0 aliphatic carbocycles. The van der Waals surface area contributed by atoms with Crippen molar-refractivity contribution < 1.29 is 13.2 Å². The molecule has 1 aliphatic heterocycles. The lowest BCUT2D eigenvalue weighted by molar-refractivity contribution is 0.192. The fourth-order valence-electron chi connectivity index (χ4n) is 2.20. The van der Waals surface area contributed by atoms with Gasteiger partial charge in [-0.05, 0) is 43.7 Å². The van der Waals surface area contributed by atoms with Crippen LogP contribution < -0.4 is 10.0 Å². The van der Waals surface area contributed by atoms with E-state index in [-0.39, 0.29) is 6.04 Å². The third-order valence-corrected chi connectivity index (χ3v) is 5.75. The zero-order valence-electron chi connectivity index (χ0n) is 11.6. The van der Waals surface area contributed by atoms with E-state index in [9.17, 15) is 8.42 Å². The van der Waals surface area contributed by atoms with Gasteiger partial charge < -0.3 is 10.1 Å². The topological polar surface area (TPSA) is 67.4 Å². The predicted octanol–water partition coefficient (Wildman–Crippen LogP) is 1.54. The van der Waals surface area contributed by atoms with Gasteiger partial charge in [0.25, 0.3) is 0 Å². The Morgan fingerprint density at radius 3 is 2.80 bits per heavy atom. The fourth-order valence-corrected chi connectivity index (χ4v) is 4.41. The maximum absolute atomic E-state index is 12.5. The molecule has 1 aromatic carbocycles. The van der Waals surface area contributed by atoms with E-state index in [1.54, 1.807) is 13.0 Å². The number of hydrogen-bond acceptors (Lipinski definition) is 4. The van der Waals surface area contributed by atoms with Crippen molar-refractivity contribution in [2.24, 2.45) is 0 Å². The molecule has 7 heteroatoms. The SMILES string of the molecule is CNCc1cc(Br)c(C)c(S(=O)(=O)NC2CCOC2)c1. The first kappa shape index (κ1) is 15.9. The third-order valence-electron chi connectivity index (χ3n) is 3.28. The van der Waals surface area contributed by atoms with Crippen LogP contribution in [-0.2, 0) is 21.3 Å². The predicted molar refractivity (Wildman–Crippen MR) is 81.2 cm³/mol. The van der Waals surface area contributed by atoms with Crippen LogP contribution in [0.1, 0.15) is 17.5 Å². The minimum atomic E-state index is -3.53. The van der Waals surface area contributed by atoms with E-state index in [0.29, 0.717) is 24.7 Å². The van der Waals surface area contributed by atoms with Gasteiger partial charge in [0, 0.05) is 23.7 Å². The second-order valence-electron chi connectivity index (χ2n) is 4.91. The summed E-state index contributed by atoms with van der Waals surface area (Å²) in [6.45, 7) is 3.46. The molecule has 0 aromatic heterocycles. The van der Waals surface area contributed by atoms with Gasteiger partial charge in [-0.15, -0.1) is 0 Å². The van der Waals surface area contributed by atoms with Crippen molar-refractivity contribution in [2.75, 3.05) is 20.3 Å². The standard InChI is InChI=1S/C13H19BrN2O3S/c1-9-12(14)5-10(7-15-2)6-13(9)20(17,18)16-11-3-4-19-8-11/h5-6,11,15-16H,3-4,7-8H2,1-2H3. The van der Waals surface area contributed by atoms with Crippen LogP contribution >= 0.6 is 15.9 Å². The van der Waals surface area contributed by atoms with Crippen molar-refractivity contribution in [1.29, 1.82) is 0 Å². The highest BCUT2D eigenvalue weighted by atomic mass is 79.9. The fraction of sp³-hybridized carbons (Fsp3) is 0.538. The number of rotatable bonds is 5. The molecular formula is C13H19BrN2O3S. The van der Waals surface area contributed by atoms with Gasteiger partial charge in [-0.3, -0.25) is 0 Å². The van der Waals surface area contributed by atoms with Gasteiger partial charge in [-0.2, -0.15) is 0 Å². The Hall–Kier alpha value is -0.470. The molecule has 5 nitrogen and oxygen atoms in total. The molecular weight excluding hydrogens is 344 g/mol. The quantitative estimate of drug-likeness (QED) is 0.833. The molecule has 1 aliphatic rings. The summed E-state index contributed by atoms with van der Waals surface area (Å²) in [4.78, 5) is 0.323. The van der Waals surface area contributed by atoms with Crippen molar-refractivity contribution in [1.82, 2.24) is 10.0 Å². The van der Waals surface area contributed by atoms with Crippen LogP contribution in [0.4, 0.5) is 0 Å². The number of halogens is 1. The van der Waals surface area contributed by atoms with Gasteiger partial charge in [-0.25, -0.2) is 13.1 Å². The van der Waals surface area contributed by atoms with Crippen LogP contribution in [0.25, 0.3) is 0 Å². The Bertz CT molecular complexity index is 584. The number of nitrogens with one attached hydrogen (secondary N) is 2. The highest BCUT2D eigenvalue weighted by molar-refractivity contribution is 9.10. The van der Waals surface area contributed by atoms with Gasteiger partial charge in [0.05, 0.1) is 11.5 Å². The van der Waals surface area contributed by atoms with Crippen molar-refractivity contribution >= 4 is 26.0 Å². The smallest absolute Gasteiger partial charge is 0.241 e. The second-order valence-corrected chi connectivity index (χ2v) is 7.45. The number of sulfonamides is 1. The molecule has 0 spiro atoms. The Labute approximate surface area is 128 Å². The molecule has 20 heavy (non-hydrogen) atoms. The van der Waals surface area contributed by atoms with Crippen LogP contribution in [0.5, 0.6) is 0 Å². The van der Waals surface area contributed by atoms with Crippen molar-refractivity contribution in [3.8, 4) is 0 Å². The number of hydrogen-bond donors (Lipinski definition) is 2. The number of benzene rings is 1. The van der Waals surface area contributed by atoms with Gasteiger partial charge in [0.15, 0.2) is 0 Å². The van der Waals surface area contributed by atoms with Crippen LogP contribution in [0.15, 0.2) is 21.5 Å². The molecule has 1 atom stereocenters. The first-order chi connectivity index (χ1) is 9.44. The molecule has 1 aromatic rings. The molecule has 1 fully saturated rings. The summed E-state index contributed by atoms with van der Waals surface area (Å²) in [6.07, 6.45) is 0.718. The molecule has 0 amide bonds. The van der Waals surface area contributed by atoms with Crippen LogP contribution in [-0.4, -0.2) is 34.7 Å². The minimum absolute atomic E-state index is 0.133. The van der Waals surface area contributed by atoms with Crippen molar-refractivity contribution in [3.05, 3.63) is 27.7 Å². The first-order valence-electron chi connectivity index (χ1n) is 6.47. The number of ether oxygens (including phenoxy) is 1. The Morgan fingerprint density at radius 2 is 2.20 bits per heavy atom.